The Morgan fingerprint density at radius 3 is 2.07 bits per heavy atom. The lowest BCUT2D eigenvalue weighted by atomic mass is 9.86. The number of aliphatic hydroxyl groups excluding tert-OH is 2. The largest absolute Gasteiger partial charge is 0.481 e. The summed E-state index contributed by atoms with van der Waals surface area (Å²) in [6, 6.07) is 4.41. The molecule has 8 N–H and O–H groups in total. The molecule has 548 valence electrons. The number of nitrogens with one attached hydrogen (secondary N) is 2. The first-order valence-corrected chi connectivity index (χ1v) is 34.5. The molecule has 2 saturated heterocycles. The van der Waals surface area contributed by atoms with Crippen LogP contribution in [0.1, 0.15) is 176 Å². The molecule has 4 aliphatic rings. The number of Topliss-reactive ketones (excluding diaryl/α,β-unsaturated/α-hetero) is 2. The minimum atomic E-state index is -1.52. The Bertz CT molecular complexity index is 3100. The Balaban J connectivity index is 1.16. The number of hydrogen-bond acceptors (Lipinski definition) is 20. The lowest BCUT2D eigenvalue weighted by Crippen LogP contribution is -2.53. The number of benzene rings is 1. The van der Waals surface area contributed by atoms with E-state index in [1.54, 1.807) is 96.2 Å². The van der Waals surface area contributed by atoms with Crippen molar-refractivity contribution in [2.24, 2.45) is 29.4 Å². The highest BCUT2D eigenvalue weighted by Gasteiger charge is 2.48. The molecule has 0 saturated carbocycles. The van der Waals surface area contributed by atoms with Gasteiger partial charge in [0.1, 0.15) is 18.3 Å². The van der Waals surface area contributed by atoms with Crippen LogP contribution in [0.2, 0.25) is 0 Å². The molecule has 0 unspecified atom stereocenters. The van der Waals surface area contributed by atoms with Gasteiger partial charge in [0.05, 0.1) is 48.5 Å². The zero-order valence-electron chi connectivity index (χ0n) is 58.7. The molecule has 13 atom stereocenters. The zero-order valence-corrected chi connectivity index (χ0v) is 58.7. The quantitative estimate of drug-likeness (QED) is 0.00776. The third kappa shape index (κ3) is 27.1. The summed E-state index contributed by atoms with van der Waals surface area (Å²) < 4.78 is 29.4. The number of hydrogen-bond donors (Lipinski definition) is 7. The second kappa shape index (κ2) is 39.0. The van der Waals surface area contributed by atoms with Crippen molar-refractivity contribution in [3.05, 3.63) is 83.5 Å². The number of cyclic esters (lactones) is 1. The second-order valence-corrected chi connectivity index (χ2v) is 27.4. The molecule has 7 amide bonds. The molecule has 4 heterocycles. The van der Waals surface area contributed by atoms with Gasteiger partial charge in [-0.25, -0.2) is 9.59 Å². The predicted molar refractivity (Wildman–Crippen MR) is 360 cm³/mol. The number of carboxylic acids is 1. The fourth-order valence-corrected chi connectivity index (χ4v) is 12.3. The van der Waals surface area contributed by atoms with Crippen molar-refractivity contribution < 1.29 is 102 Å². The van der Waals surface area contributed by atoms with E-state index in [1.165, 1.54) is 28.9 Å². The van der Waals surface area contributed by atoms with Crippen molar-refractivity contribution in [1.29, 1.82) is 0 Å². The van der Waals surface area contributed by atoms with Crippen LogP contribution >= 0.6 is 0 Å². The summed E-state index contributed by atoms with van der Waals surface area (Å²) >= 11 is 0. The first-order chi connectivity index (χ1) is 46.7. The lowest BCUT2D eigenvalue weighted by molar-refractivity contribution is -0.168. The summed E-state index contributed by atoms with van der Waals surface area (Å²) in [7, 11) is 0. The van der Waals surface area contributed by atoms with Gasteiger partial charge < -0.3 is 70.3 Å². The smallest absolute Gasteiger partial charge is 0.410 e. The number of piperazine rings is 1. The Labute approximate surface area is 579 Å². The fourth-order valence-electron chi connectivity index (χ4n) is 12.3. The van der Waals surface area contributed by atoms with E-state index < -0.39 is 137 Å². The number of nitrogens with two attached hydrogens (primary N) is 1. The van der Waals surface area contributed by atoms with Crippen LogP contribution in [-0.2, 0) is 84.7 Å². The predicted octanol–water partition coefficient (Wildman–Crippen LogP) is 5.94. The van der Waals surface area contributed by atoms with E-state index >= 15 is 0 Å². The number of aliphatic hydroxyl groups is 3. The van der Waals surface area contributed by atoms with E-state index in [0.717, 1.165) is 4.90 Å². The molecule has 4 aliphatic heterocycles. The number of rotatable bonds is 36. The van der Waals surface area contributed by atoms with Crippen molar-refractivity contribution in [1.82, 2.24) is 25.3 Å². The molecule has 1 aromatic carbocycles. The maximum atomic E-state index is 14.1. The zero-order chi connectivity index (χ0) is 73.3. The molecule has 0 bridgehead atoms. The Hall–Kier alpha value is -8.14. The standard InChI is InChI=1S/C72H104N6O21/c1-10-55(81)47(6)67-58(96-67)42-71(8,94)32-16-17-45(4)66-46(5)21-27-59(72(9,99-48(7)79)33-31-51(80)40-65(90)98-66)97-70(93)77-37-35-76(36-38-77)69(92)95-43-50-24-22-49(23-25-50)39-56(82)53(18-13-14-19-60(73)84)75-68(91)52(44(2)3)41-57(83)54(26-30-64(88)89)74-61(85)20-12-11-15-34-78-62(86)28-29-63(78)87/h16-17,21-25,27-29,32,44,46-47,51-55,58-59,66-67,80-81,94H,10-15,18-20,26,30-31,33-43H2,1-9H3,(H2,73,84)(H,74,85)(H,75,91)(H,88,89)/b27-21+,32-16+,45-17+/t46-,47+,51+,52-,53-,54-,55-,58+,59-,66+,67+,71-,72+/m0/s1. The van der Waals surface area contributed by atoms with Gasteiger partial charge in [-0.05, 0) is 101 Å². The van der Waals surface area contributed by atoms with E-state index in [2.05, 4.69) is 10.6 Å². The van der Waals surface area contributed by atoms with Crippen LogP contribution in [0.25, 0.3) is 0 Å². The van der Waals surface area contributed by atoms with E-state index in [9.17, 15) is 78.0 Å². The van der Waals surface area contributed by atoms with Crippen LogP contribution in [0.15, 0.2) is 72.4 Å². The number of esters is 2. The molecular weight excluding hydrogens is 1280 g/mol. The SMILES string of the molecule is CC[C@H](O)[C@@H](C)[C@H]1O[C@@H]1C[C@@](C)(O)/C=C/C=C(\C)[C@H]1OC(=O)C[C@H](O)CC[C@@](C)(OC(C)=O)[C@@H](OC(=O)N2CCN(C(=O)OCc3ccc(CC(=O)[C@H](CCCCC(N)=O)NC(=O)[C@@H](CC(=O)[C@H](CCC(=O)O)NC(=O)CCCCCN4C(=O)C=CC4=O)C(C)C)cc3)CC2)/C=C/[C@@H]1C. The van der Waals surface area contributed by atoms with Crippen molar-refractivity contribution in [3.63, 3.8) is 0 Å². The summed E-state index contributed by atoms with van der Waals surface area (Å²) in [5.41, 5.74) is 4.32. The average Bonchev–Trinajstić information content (AvgIpc) is 1.74. The Kier molecular flexibility index (Phi) is 32.1. The van der Waals surface area contributed by atoms with Gasteiger partial charge in [-0.15, -0.1) is 0 Å². The van der Waals surface area contributed by atoms with E-state index in [0.29, 0.717) is 61.6 Å². The van der Waals surface area contributed by atoms with Gasteiger partial charge in [0, 0.05) is 108 Å². The van der Waals surface area contributed by atoms with Crippen LogP contribution in [0.5, 0.6) is 0 Å². The maximum absolute atomic E-state index is 14.1. The normalized spacial score (nSPS) is 23.9. The van der Waals surface area contributed by atoms with Crippen molar-refractivity contribution in [2.75, 3.05) is 32.7 Å². The van der Waals surface area contributed by atoms with Gasteiger partial charge >= 0.3 is 30.1 Å². The highest BCUT2D eigenvalue weighted by atomic mass is 16.6. The highest BCUT2D eigenvalue weighted by molar-refractivity contribution is 6.12. The number of nitrogens with zero attached hydrogens (tertiary/aromatic N) is 3. The number of primary amides is 1. The minimum Gasteiger partial charge on any atom is -0.481 e. The summed E-state index contributed by atoms with van der Waals surface area (Å²) in [5.74, 6) is -8.06. The number of ketones is 2. The molecule has 2 fully saturated rings. The monoisotopic (exact) mass is 1390 g/mol. The average molecular weight is 1390 g/mol. The van der Waals surface area contributed by atoms with Gasteiger partial charge in [-0.2, -0.15) is 0 Å². The lowest BCUT2D eigenvalue weighted by Gasteiger charge is -2.38. The molecule has 27 nitrogen and oxygen atoms in total. The van der Waals surface area contributed by atoms with Gasteiger partial charge in [0.15, 0.2) is 17.7 Å². The molecule has 27 heteroatoms. The van der Waals surface area contributed by atoms with Crippen LogP contribution < -0.4 is 16.4 Å². The Morgan fingerprint density at radius 2 is 1.45 bits per heavy atom. The Morgan fingerprint density at radius 1 is 0.828 bits per heavy atom. The first-order valence-electron chi connectivity index (χ1n) is 34.5. The summed E-state index contributed by atoms with van der Waals surface area (Å²) in [6.45, 7) is 15.5. The third-order valence-electron chi connectivity index (χ3n) is 18.5. The van der Waals surface area contributed by atoms with Crippen LogP contribution in [-0.4, -0.2) is 199 Å². The number of unbranched alkanes of at least 4 members (excludes halogenated alkanes) is 3. The molecule has 99 heavy (non-hydrogen) atoms. The molecule has 5 rings (SSSR count). The number of carbonyl (C=O) groups is 12. The van der Waals surface area contributed by atoms with Gasteiger partial charge in [0.2, 0.25) is 17.7 Å². The molecular formula is C72H104N6O21. The highest BCUT2D eigenvalue weighted by Crippen LogP contribution is 2.38. The number of carbonyl (C=O) groups excluding carboxylic acids is 11. The van der Waals surface area contributed by atoms with Crippen LogP contribution in [0, 0.1) is 23.7 Å². The number of imide groups is 1. The minimum absolute atomic E-state index is 0.0166. The van der Waals surface area contributed by atoms with Crippen LogP contribution in [0.3, 0.4) is 0 Å². The molecule has 1 aromatic rings. The fraction of sp³-hybridized carbons (Fsp3) is 0.639. The molecule has 0 spiro atoms. The van der Waals surface area contributed by atoms with Crippen molar-refractivity contribution >= 4 is 71.2 Å². The molecule has 0 radical (unpaired) electrons. The van der Waals surface area contributed by atoms with Crippen molar-refractivity contribution in [2.45, 2.75) is 238 Å². The van der Waals surface area contributed by atoms with E-state index in [1.807, 2.05) is 13.8 Å². The molecule has 0 aliphatic carbocycles. The van der Waals surface area contributed by atoms with E-state index in [4.69, 9.17) is 29.4 Å². The number of allylic oxidation sites excluding steroid dienone is 2. The molecule has 0 aromatic heterocycles. The van der Waals surface area contributed by atoms with Gasteiger partial charge in [-0.1, -0.05) is 96.0 Å². The number of aliphatic carboxylic acids is 1. The topological polar surface area (TPSA) is 395 Å². The number of carboxylic acid groups (broad SMARTS) is 1. The van der Waals surface area contributed by atoms with Crippen molar-refractivity contribution in [3.8, 4) is 0 Å². The van der Waals surface area contributed by atoms with Gasteiger partial charge in [0.25, 0.3) is 11.8 Å². The number of ether oxygens (including phenoxy) is 5. The summed E-state index contributed by atoms with van der Waals surface area (Å²) in [4.78, 5) is 159. The number of amides is 7. The van der Waals surface area contributed by atoms with Crippen LogP contribution in [0.4, 0.5) is 9.59 Å². The second-order valence-electron chi connectivity index (χ2n) is 27.4. The first kappa shape index (κ1) is 81.5. The van der Waals surface area contributed by atoms with Gasteiger partial charge in [-0.3, -0.25) is 52.8 Å². The summed E-state index contributed by atoms with van der Waals surface area (Å²) in [5, 5.41) is 47.5. The summed E-state index contributed by atoms with van der Waals surface area (Å²) in [6.07, 6.45) is 6.36. The maximum Gasteiger partial charge on any atom is 0.410 e. The van der Waals surface area contributed by atoms with E-state index in [-0.39, 0.29) is 121 Å². The third-order valence-corrected chi connectivity index (χ3v) is 18.5. The number of epoxide rings is 1.